The summed E-state index contributed by atoms with van der Waals surface area (Å²) in [4.78, 5) is 21.9. The zero-order chi connectivity index (χ0) is 15.4. The monoisotopic (exact) mass is 349 g/mol. The number of rotatable bonds is 3. The van der Waals surface area contributed by atoms with Gasteiger partial charge in [-0.05, 0) is 36.8 Å². The number of nitrogens with zero attached hydrogens (tertiary/aromatic N) is 1. The maximum absolute atomic E-state index is 11.8. The van der Waals surface area contributed by atoms with E-state index in [9.17, 15) is 14.9 Å². The van der Waals surface area contributed by atoms with Crippen LogP contribution in [0.3, 0.4) is 0 Å². The Morgan fingerprint density at radius 3 is 2.24 bits per heavy atom. The second kappa shape index (κ2) is 6.36. The molecule has 0 saturated carbocycles. The molecule has 0 heterocycles. The SMILES string of the molecule is Cc1ccc(NC(=O)Nc2ccc([N+](=O)[O-])cc2)cc1Br. The molecule has 0 aliphatic heterocycles. The summed E-state index contributed by atoms with van der Waals surface area (Å²) >= 11 is 3.39. The number of non-ortho nitro benzene ring substituents is 1. The highest BCUT2D eigenvalue weighted by Crippen LogP contribution is 2.21. The van der Waals surface area contributed by atoms with Crippen LogP contribution in [0, 0.1) is 17.0 Å². The first kappa shape index (κ1) is 15.0. The fourth-order valence-corrected chi connectivity index (χ4v) is 2.01. The molecule has 0 spiro atoms. The third kappa shape index (κ3) is 4.03. The maximum atomic E-state index is 11.8. The third-order valence-electron chi connectivity index (χ3n) is 2.77. The Morgan fingerprint density at radius 1 is 1.10 bits per heavy atom. The summed E-state index contributed by atoms with van der Waals surface area (Å²) in [6, 6.07) is 10.7. The molecule has 0 saturated heterocycles. The molecule has 0 atom stereocenters. The normalized spacial score (nSPS) is 10.0. The van der Waals surface area contributed by atoms with Crippen molar-refractivity contribution in [3.8, 4) is 0 Å². The minimum Gasteiger partial charge on any atom is -0.308 e. The lowest BCUT2D eigenvalue weighted by molar-refractivity contribution is -0.384. The fraction of sp³-hybridized carbons (Fsp3) is 0.0714. The number of carbonyl (C=O) groups excluding carboxylic acids is 1. The first-order valence-electron chi connectivity index (χ1n) is 6.04. The summed E-state index contributed by atoms with van der Waals surface area (Å²) in [5.41, 5.74) is 2.16. The third-order valence-corrected chi connectivity index (χ3v) is 3.62. The number of nitro benzene ring substituents is 1. The van der Waals surface area contributed by atoms with Crippen molar-refractivity contribution in [1.29, 1.82) is 0 Å². The molecule has 2 amide bonds. The summed E-state index contributed by atoms with van der Waals surface area (Å²) < 4.78 is 0.899. The summed E-state index contributed by atoms with van der Waals surface area (Å²) in [5.74, 6) is 0. The summed E-state index contributed by atoms with van der Waals surface area (Å²) in [6.45, 7) is 1.95. The van der Waals surface area contributed by atoms with E-state index >= 15 is 0 Å². The number of nitro groups is 1. The molecule has 108 valence electrons. The van der Waals surface area contributed by atoms with Gasteiger partial charge in [-0.2, -0.15) is 0 Å². The van der Waals surface area contributed by atoms with Crippen molar-refractivity contribution in [2.45, 2.75) is 6.92 Å². The Kier molecular flexibility index (Phi) is 4.54. The summed E-state index contributed by atoms with van der Waals surface area (Å²) in [6.07, 6.45) is 0. The van der Waals surface area contributed by atoms with Crippen molar-refractivity contribution in [3.05, 3.63) is 62.6 Å². The number of hydrogen-bond donors (Lipinski definition) is 2. The Balaban J connectivity index is 2.01. The zero-order valence-electron chi connectivity index (χ0n) is 11.1. The molecule has 0 bridgehead atoms. The molecular formula is C14H12BrN3O3. The average Bonchev–Trinajstić information content (AvgIpc) is 2.43. The van der Waals surface area contributed by atoms with E-state index in [0.29, 0.717) is 11.4 Å². The van der Waals surface area contributed by atoms with Gasteiger partial charge in [0.2, 0.25) is 0 Å². The molecule has 6 nitrogen and oxygen atoms in total. The highest BCUT2D eigenvalue weighted by molar-refractivity contribution is 9.10. The van der Waals surface area contributed by atoms with Gasteiger partial charge in [0.25, 0.3) is 5.69 Å². The number of halogens is 1. The Bertz CT molecular complexity index is 686. The van der Waals surface area contributed by atoms with E-state index in [4.69, 9.17) is 0 Å². The van der Waals surface area contributed by atoms with Crippen molar-refractivity contribution in [2.24, 2.45) is 0 Å². The predicted molar refractivity (Wildman–Crippen MR) is 84.6 cm³/mol. The Labute approximate surface area is 129 Å². The van der Waals surface area contributed by atoms with Crippen LogP contribution in [0.2, 0.25) is 0 Å². The number of urea groups is 1. The van der Waals surface area contributed by atoms with Crippen LogP contribution >= 0.6 is 15.9 Å². The summed E-state index contributed by atoms with van der Waals surface area (Å²) in [5, 5.41) is 15.8. The van der Waals surface area contributed by atoms with E-state index in [2.05, 4.69) is 26.6 Å². The molecule has 2 rings (SSSR count). The molecule has 21 heavy (non-hydrogen) atoms. The van der Waals surface area contributed by atoms with Gasteiger partial charge in [0.15, 0.2) is 0 Å². The molecule has 0 aliphatic rings. The van der Waals surface area contributed by atoms with Gasteiger partial charge in [0, 0.05) is 28.0 Å². The Hall–Kier alpha value is -2.41. The Morgan fingerprint density at radius 2 is 1.67 bits per heavy atom. The highest BCUT2D eigenvalue weighted by atomic mass is 79.9. The van der Waals surface area contributed by atoms with E-state index in [1.807, 2.05) is 13.0 Å². The fourth-order valence-electron chi connectivity index (χ4n) is 1.63. The number of aryl methyl sites for hydroxylation is 1. The largest absolute Gasteiger partial charge is 0.323 e. The second-order valence-corrected chi connectivity index (χ2v) is 5.20. The lowest BCUT2D eigenvalue weighted by Crippen LogP contribution is -2.19. The van der Waals surface area contributed by atoms with E-state index < -0.39 is 11.0 Å². The molecule has 0 fully saturated rings. The van der Waals surface area contributed by atoms with Crippen LogP contribution in [0.1, 0.15) is 5.56 Å². The topological polar surface area (TPSA) is 84.3 Å². The molecule has 0 aliphatic carbocycles. The minimum atomic E-state index is -0.492. The van der Waals surface area contributed by atoms with E-state index in [-0.39, 0.29) is 5.69 Å². The van der Waals surface area contributed by atoms with Gasteiger partial charge in [0.1, 0.15) is 0 Å². The van der Waals surface area contributed by atoms with Crippen LogP contribution in [0.5, 0.6) is 0 Å². The van der Waals surface area contributed by atoms with Gasteiger partial charge in [0.05, 0.1) is 4.92 Å². The van der Waals surface area contributed by atoms with Gasteiger partial charge in [-0.3, -0.25) is 10.1 Å². The smallest absolute Gasteiger partial charge is 0.308 e. The molecule has 0 unspecified atom stereocenters. The van der Waals surface area contributed by atoms with E-state index in [1.54, 1.807) is 12.1 Å². The van der Waals surface area contributed by atoms with Crippen LogP contribution in [0.4, 0.5) is 21.9 Å². The first-order valence-corrected chi connectivity index (χ1v) is 6.83. The number of benzene rings is 2. The van der Waals surface area contributed by atoms with Crippen LogP contribution < -0.4 is 10.6 Å². The van der Waals surface area contributed by atoms with Crippen molar-refractivity contribution in [2.75, 3.05) is 10.6 Å². The van der Waals surface area contributed by atoms with Gasteiger partial charge >= 0.3 is 6.03 Å². The van der Waals surface area contributed by atoms with Crippen molar-refractivity contribution in [3.63, 3.8) is 0 Å². The van der Waals surface area contributed by atoms with Crippen LogP contribution in [-0.2, 0) is 0 Å². The minimum absolute atomic E-state index is 0.0246. The summed E-state index contributed by atoms with van der Waals surface area (Å²) in [7, 11) is 0. The van der Waals surface area contributed by atoms with Crippen LogP contribution in [0.25, 0.3) is 0 Å². The van der Waals surface area contributed by atoms with Gasteiger partial charge < -0.3 is 10.6 Å². The van der Waals surface area contributed by atoms with E-state index in [0.717, 1.165) is 10.0 Å². The first-order chi connectivity index (χ1) is 9.95. The molecule has 0 radical (unpaired) electrons. The van der Waals surface area contributed by atoms with Crippen molar-refractivity contribution < 1.29 is 9.72 Å². The number of anilines is 2. The number of amides is 2. The predicted octanol–water partition coefficient (Wildman–Crippen LogP) is 4.31. The standard InChI is InChI=1S/C14H12BrN3O3/c1-9-2-3-11(8-13(9)15)17-14(19)16-10-4-6-12(7-5-10)18(20)21/h2-8H,1H3,(H2,16,17,19). The number of carbonyl (C=O) groups is 1. The van der Waals surface area contributed by atoms with E-state index in [1.165, 1.54) is 24.3 Å². The van der Waals surface area contributed by atoms with Crippen molar-refractivity contribution >= 4 is 39.0 Å². The van der Waals surface area contributed by atoms with Gasteiger partial charge in [-0.1, -0.05) is 22.0 Å². The van der Waals surface area contributed by atoms with Gasteiger partial charge in [-0.15, -0.1) is 0 Å². The van der Waals surface area contributed by atoms with Gasteiger partial charge in [-0.25, -0.2) is 4.79 Å². The molecule has 0 aromatic heterocycles. The maximum Gasteiger partial charge on any atom is 0.323 e. The molecular weight excluding hydrogens is 338 g/mol. The number of hydrogen-bond acceptors (Lipinski definition) is 3. The molecule has 2 N–H and O–H groups in total. The second-order valence-electron chi connectivity index (χ2n) is 4.35. The molecule has 2 aromatic carbocycles. The zero-order valence-corrected chi connectivity index (χ0v) is 12.7. The highest BCUT2D eigenvalue weighted by Gasteiger charge is 2.07. The number of nitrogens with one attached hydrogen (secondary N) is 2. The lowest BCUT2D eigenvalue weighted by atomic mass is 10.2. The quantitative estimate of drug-likeness (QED) is 0.639. The molecule has 2 aromatic rings. The average molecular weight is 350 g/mol. The lowest BCUT2D eigenvalue weighted by Gasteiger charge is -2.08. The molecule has 7 heteroatoms. The van der Waals surface area contributed by atoms with Crippen LogP contribution in [-0.4, -0.2) is 11.0 Å². The van der Waals surface area contributed by atoms with Crippen molar-refractivity contribution in [1.82, 2.24) is 0 Å². The van der Waals surface area contributed by atoms with Crippen LogP contribution in [0.15, 0.2) is 46.9 Å².